The third kappa shape index (κ3) is 65.0. The third-order valence-electron chi connectivity index (χ3n) is 13.4. The summed E-state index contributed by atoms with van der Waals surface area (Å²) in [5.74, 6) is -0.814. The van der Waals surface area contributed by atoms with Crippen LogP contribution in [0.5, 0.6) is 0 Å². The van der Waals surface area contributed by atoms with Crippen LogP contribution in [0.2, 0.25) is 0 Å². The zero-order valence-corrected chi connectivity index (χ0v) is 53.8. The molecule has 0 aromatic rings. The zero-order valence-electron chi connectivity index (χ0n) is 52.9. The molecule has 2 unspecified atom stereocenters. The molecule has 0 fully saturated rings. The van der Waals surface area contributed by atoms with Crippen molar-refractivity contribution >= 4 is 19.8 Å². The van der Waals surface area contributed by atoms with E-state index in [1.807, 2.05) is 21.1 Å². The number of rotatable bonds is 58. The molecule has 0 amide bonds. The lowest BCUT2D eigenvalue weighted by Gasteiger charge is -2.24. The Morgan fingerprint density at radius 2 is 0.659 bits per heavy atom. The molecule has 0 heterocycles. The van der Waals surface area contributed by atoms with E-state index in [0.29, 0.717) is 17.4 Å². The minimum absolute atomic E-state index is 0.0227. The molecule has 0 aromatic heterocycles. The summed E-state index contributed by atoms with van der Waals surface area (Å²) in [5.41, 5.74) is 0. The highest BCUT2D eigenvalue weighted by atomic mass is 31.2. The van der Waals surface area contributed by atoms with E-state index in [1.54, 1.807) is 0 Å². The Morgan fingerprint density at radius 3 is 0.976 bits per heavy atom. The average molecular weight is 1160 g/mol. The second kappa shape index (κ2) is 61.5. The number of esters is 2. The Hall–Kier alpha value is -4.11. The van der Waals surface area contributed by atoms with Crippen molar-refractivity contribution in [3.63, 3.8) is 0 Å². The lowest BCUT2D eigenvalue weighted by atomic mass is 10.0. The van der Waals surface area contributed by atoms with Crippen LogP contribution in [0.3, 0.4) is 0 Å². The van der Waals surface area contributed by atoms with Gasteiger partial charge in [0.15, 0.2) is 6.10 Å². The molecule has 466 valence electrons. The number of hydrogen-bond acceptors (Lipinski definition) is 7. The first-order valence-electron chi connectivity index (χ1n) is 32.6. The number of carbonyl (C=O) groups excluding carboxylic acids is 2. The molecular weight excluding hydrogens is 1040 g/mol. The second-order valence-corrected chi connectivity index (χ2v) is 23.8. The molecule has 0 saturated heterocycles. The van der Waals surface area contributed by atoms with Crippen LogP contribution in [-0.4, -0.2) is 74.9 Å². The van der Waals surface area contributed by atoms with Crippen LogP contribution in [0.4, 0.5) is 0 Å². The minimum Gasteiger partial charge on any atom is -0.462 e. The predicted molar refractivity (Wildman–Crippen MR) is 353 cm³/mol. The molecule has 82 heavy (non-hydrogen) atoms. The minimum atomic E-state index is -4.40. The van der Waals surface area contributed by atoms with Crippen LogP contribution in [0.25, 0.3) is 0 Å². The van der Waals surface area contributed by atoms with Crippen molar-refractivity contribution in [1.29, 1.82) is 0 Å². The molecule has 10 heteroatoms. The largest absolute Gasteiger partial charge is 0.472 e. The SMILES string of the molecule is CC/C=C\C/C=C\C/C=C\C/C=C\C/C=C\C/C=C\C/C=C\CCCCCCCCCCCCCC(=O)OC(COC(=O)CCCCCCCCCCC/C=C\C/C=C\C/C=C\C/C=C\C/C=C\CC)COP(=O)(O)OCC[N+](C)(C)C. The van der Waals surface area contributed by atoms with Gasteiger partial charge in [0.05, 0.1) is 27.7 Å². The number of carbonyl (C=O) groups is 2. The zero-order chi connectivity index (χ0) is 59.8. The summed E-state index contributed by atoms with van der Waals surface area (Å²) >= 11 is 0. The fourth-order valence-corrected chi connectivity index (χ4v) is 9.18. The number of nitrogens with zero attached hydrogens (tertiary/aromatic N) is 1. The van der Waals surface area contributed by atoms with Crippen LogP contribution in [0.15, 0.2) is 146 Å². The van der Waals surface area contributed by atoms with Crippen LogP contribution in [-0.2, 0) is 32.7 Å². The van der Waals surface area contributed by atoms with Crippen molar-refractivity contribution in [2.24, 2.45) is 0 Å². The number of likely N-dealkylation sites (N-methyl/N-ethyl adjacent to an activating group) is 1. The molecule has 0 radical (unpaired) electrons. The van der Waals surface area contributed by atoms with E-state index in [4.69, 9.17) is 18.5 Å². The molecule has 0 aromatic carbocycles. The van der Waals surface area contributed by atoms with Gasteiger partial charge in [-0.2, -0.15) is 0 Å². The second-order valence-electron chi connectivity index (χ2n) is 22.4. The van der Waals surface area contributed by atoms with Crippen LogP contribution in [0, 0.1) is 0 Å². The Morgan fingerprint density at radius 1 is 0.378 bits per heavy atom. The van der Waals surface area contributed by atoms with Crippen LogP contribution < -0.4 is 0 Å². The average Bonchev–Trinajstić information content (AvgIpc) is 3.46. The fourth-order valence-electron chi connectivity index (χ4n) is 8.43. The predicted octanol–water partition coefficient (Wildman–Crippen LogP) is 21.0. The Balaban J connectivity index is 4.15. The quantitative estimate of drug-likeness (QED) is 0.0211. The molecule has 0 aliphatic rings. The van der Waals surface area contributed by atoms with Gasteiger partial charge in [0.2, 0.25) is 0 Å². The van der Waals surface area contributed by atoms with E-state index in [9.17, 15) is 19.0 Å². The van der Waals surface area contributed by atoms with Crippen molar-refractivity contribution in [2.45, 2.75) is 251 Å². The monoisotopic (exact) mass is 1160 g/mol. The maximum Gasteiger partial charge on any atom is 0.472 e. The van der Waals surface area contributed by atoms with Crippen LogP contribution in [0.1, 0.15) is 245 Å². The Labute approximate surface area is 503 Å². The van der Waals surface area contributed by atoms with E-state index in [2.05, 4.69) is 160 Å². The first-order valence-corrected chi connectivity index (χ1v) is 34.1. The lowest BCUT2D eigenvalue weighted by Crippen LogP contribution is -2.37. The normalized spacial score (nSPS) is 14.2. The first-order chi connectivity index (χ1) is 40.0. The summed E-state index contributed by atoms with van der Waals surface area (Å²) in [7, 11) is 1.45. The van der Waals surface area contributed by atoms with E-state index < -0.39 is 26.5 Å². The molecule has 1 N–H and O–H groups in total. The van der Waals surface area contributed by atoms with Gasteiger partial charge in [0.25, 0.3) is 0 Å². The summed E-state index contributed by atoms with van der Waals surface area (Å²) in [6.45, 7) is 4.19. The van der Waals surface area contributed by atoms with Gasteiger partial charge in [0.1, 0.15) is 19.8 Å². The van der Waals surface area contributed by atoms with Gasteiger partial charge in [-0.1, -0.05) is 262 Å². The number of phosphoric ester groups is 1. The van der Waals surface area contributed by atoms with Crippen molar-refractivity contribution in [3.05, 3.63) is 146 Å². The molecule has 0 spiro atoms. The lowest BCUT2D eigenvalue weighted by molar-refractivity contribution is -0.870. The van der Waals surface area contributed by atoms with E-state index in [1.165, 1.54) is 77.0 Å². The summed E-state index contributed by atoms with van der Waals surface area (Å²) < 4.78 is 34.7. The number of phosphoric acid groups is 1. The summed E-state index contributed by atoms with van der Waals surface area (Å²) in [5, 5.41) is 0. The topological polar surface area (TPSA) is 108 Å². The maximum absolute atomic E-state index is 12.9. The molecule has 0 rings (SSSR count). The van der Waals surface area contributed by atoms with Crippen molar-refractivity contribution in [3.8, 4) is 0 Å². The molecule has 2 atom stereocenters. The standard InChI is InChI=1S/C72H120NO8P/c1-6-8-10-12-14-16-18-20-22-24-26-28-30-32-33-34-35-36-37-38-39-41-43-45-47-49-51-53-55-57-59-61-63-65-72(75)81-70(69-80-82(76,77)79-67-66-73(3,4)5)68-78-71(74)64-62-60-58-56-54-52-50-48-46-44-42-40-31-29-27-25-23-21-19-17-15-13-11-9-7-2/h8-11,14-17,20-23,26-29,32-33,35-36,38-40,42,70H,6-7,12-13,18-19,24-25,30-31,34,37,41,43-69H2,1-5H3/p+1/b10-8-,11-9-,16-14-,17-15-,22-20-,23-21-,28-26-,29-27-,33-32-,36-35-,39-38-,42-40-. The molecule has 0 bridgehead atoms. The van der Waals surface area contributed by atoms with Gasteiger partial charge in [-0.3, -0.25) is 18.6 Å². The van der Waals surface area contributed by atoms with Crippen molar-refractivity contribution in [2.75, 3.05) is 47.5 Å². The number of quaternary nitrogens is 1. The van der Waals surface area contributed by atoms with Gasteiger partial charge >= 0.3 is 19.8 Å². The molecular formula is C72H121NO8P+. The molecule has 0 aliphatic carbocycles. The number of allylic oxidation sites excluding steroid dienone is 24. The Bertz CT molecular complexity index is 1890. The van der Waals surface area contributed by atoms with E-state index in [-0.39, 0.29) is 32.0 Å². The van der Waals surface area contributed by atoms with Gasteiger partial charge in [-0.05, 0) is 116 Å². The molecule has 0 saturated carbocycles. The van der Waals surface area contributed by atoms with Gasteiger partial charge in [-0.15, -0.1) is 0 Å². The number of hydrogen-bond donors (Lipinski definition) is 1. The van der Waals surface area contributed by atoms with Crippen molar-refractivity contribution in [1.82, 2.24) is 0 Å². The van der Waals surface area contributed by atoms with Gasteiger partial charge < -0.3 is 18.9 Å². The third-order valence-corrected chi connectivity index (χ3v) is 14.3. The highest BCUT2D eigenvalue weighted by Crippen LogP contribution is 2.43. The fraction of sp³-hybridized carbons (Fsp3) is 0.639. The Kier molecular flexibility index (Phi) is 58.4. The summed E-state index contributed by atoms with van der Waals surface area (Å²) in [4.78, 5) is 35.8. The summed E-state index contributed by atoms with van der Waals surface area (Å²) in [6.07, 6.45) is 90.7. The smallest absolute Gasteiger partial charge is 0.462 e. The van der Waals surface area contributed by atoms with Gasteiger partial charge in [0, 0.05) is 12.8 Å². The maximum atomic E-state index is 12.9. The number of unbranched alkanes of at least 4 members (excludes halogenated alkanes) is 20. The molecule has 9 nitrogen and oxygen atoms in total. The highest BCUT2D eigenvalue weighted by molar-refractivity contribution is 7.47. The summed E-state index contributed by atoms with van der Waals surface area (Å²) in [6, 6.07) is 0. The number of ether oxygens (including phenoxy) is 2. The van der Waals surface area contributed by atoms with Crippen molar-refractivity contribution < 1.29 is 42.1 Å². The first kappa shape index (κ1) is 77.9. The van der Waals surface area contributed by atoms with Crippen LogP contribution >= 0.6 is 7.82 Å². The van der Waals surface area contributed by atoms with E-state index in [0.717, 1.165) is 135 Å². The van der Waals surface area contributed by atoms with Gasteiger partial charge in [-0.25, -0.2) is 4.57 Å². The highest BCUT2D eigenvalue weighted by Gasteiger charge is 2.27. The van der Waals surface area contributed by atoms with E-state index >= 15 is 0 Å². The molecule has 0 aliphatic heterocycles.